The van der Waals surface area contributed by atoms with E-state index in [2.05, 4.69) is 9.47 Å². The molecule has 0 aliphatic carbocycles. The van der Waals surface area contributed by atoms with Crippen molar-refractivity contribution in [1.29, 1.82) is 0 Å². The van der Waals surface area contributed by atoms with Gasteiger partial charge in [-0.2, -0.15) is 26.3 Å². The monoisotopic (exact) mass is 390 g/mol. The molecule has 0 saturated heterocycles. The predicted molar refractivity (Wildman–Crippen MR) is 68.5 cm³/mol. The molecular formula is C12H20F6O7. The van der Waals surface area contributed by atoms with Gasteiger partial charge in [-0.25, -0.2) is 4.74 Å². The molecule has 0 bridgehead atoms. The predicted octanol–water partition coefficient (Wildman–Crippen LogP) is 0.832. The van der Waals surface area contributed by atoms with E-state index in [0.717, 1.165) is 0 Å². The fourth-order valence-electron chi connectivity index (χ4n) is 1.19. The Bertz CT molecular complexity index is 340. The number of aliphatic hydroxyl groups is 2. The molecule has 0 rings (SSSR count). The standard InChI is InChI=1S/C12H20F6O7/c13-10(14,25-12(17,18)11(15,16)20)9-24-8-7-23-6-5-22-4-3-21-2-1-19/h19-20H,1-9H2. The van der Waals surface area contributed by atoms with Crippen LogP contribution in [-0.4, -0.2) is 88.0 Å². The zero-order valence-corrected chi connectivity index (χ0v) is 13.1. The molecule has 0 atom stereocenters. The summed E-state index contributed by atoms with van der Waals surface area (Å²) in [5, 5.41) is 16.2. The smallest absolute Gasteiger partial charge is 0.394 e. The highest BCUT2D eigenvalue weighted by Gasteiger charge is 2.62. The molecule has 0 radical (unpaired) electrons. The number of hydrogen-bond acceptors (Lipinski definition) is 7. The fraction of sp³-hybridized carbons (Fsp3) is 1.00. The minimum absolute atomic E-state index is 0.0884. The number of hydrogen-bond donors (Lipinski definition) is 2. The van der Waals surface area contributed by atoms with Crippen LogP contribution in [0.2, 0.25) is 0 Å². The first-order valence-corrected chi connectivity index (χ1v) is 6.99. The lowest BCUT2D eigenvalue weighted by Gasteiger charge is -2.25. The van der Waals surface area contributed by atoms with Crippen LogP contribution in [0.15, 0.2) is 0 Å². The number of alkyl halides is 6. The highest BCUT2D eigenvalue weighted by atomic mass is 19.3. The highest BCUT2D eigenvalue weighted by Crippen LogP contribution is 2.37. The minimum Gasteiger partial charge on any atom is -0.394 e. The normalized spacial score (nSPS) is 13.4. The van der Waals surface area contributed by atoms with Crippen LogP contribution in [0.25, 0.3) is 0 Å². The second kappa shape index (κ2) is 11.8. The van der Waals surface area contributed by atoms with Crippen LogP contribution >= 0.6 is 0 Å². The summed E-state index contributed by atoms with van der Waals surface area (Å²) in [6.07, 6.45) is -16.3. The molecular weight excluding hydrogens is 370 g/mol. The maximum absolute atomic E-state index is 12.9. The van der Waals surface area contributed by atoms with Gasteiger partial charge in [-0.1, -0.05) is 0 Å². The van der Waals surface area contributed by atoms with Gasteiger partial charge < -0.3 is 29.2 Å². The van der Waals surface area contributed by atoms with Gasteiger partial charge in [-0.05, 0) is 0 Å². The van der Waals surface area contributed by atoms with Crippen LogP contribution in [0.1, 0.15) is 0 Å². The molecule has 0 aliphatic rings. The van der Waals surface area contributed by atoms with Crippen molar-refractivity contribution in [2.24, 2.45) is 0 Å². The van der Waals surface area contributed by atoms with Crippen LogP contribution in [0.5, 0.6) is 0 Å². The van der Waals surface area contributed by atoms with Crippen molar-refractivity contribution in [3.8, 4) is 0 Å². The Labute approximate surface area is 139 Å². The van der Waals surface area contributed by atoms with Gasteiger partial charge >= 0.3 is 18.3 Å². The maximum atomic E-state index is 12.9. The molecule has 0 aromatic heterocycles. The van der Waals surface area contributed by atoms with Gasteiger partial charge in [0.15, 0.2) is 0 Å². The second-order valence-electron chi connectivity index (χ2n) is 4.41. The lowest BCUT2D eigenvalue weighted by molar-refractivity contribution is -0.476. The fourth-order valence-corrected chi connectivity index (χ4v) is 1.19. The Morgan fingerprint density at radius 2 is 1.04 bits per heavy atom. The molecule has 0 aromatic carbocycles. The largest absolute Gasteiger partial charge is 0.452 e. The molecule has 0 aliphatic heterocycles. The van der Waals surface area contributed by atoms with Gasteiger partial charge in [0.1, 0.15) is 6.61 Å². The first-order valence-electron chi connectivity index (χ1n) is 6.99. The van der Waals surface area contributed by atoms with E-state index < -0.39 is 31.5 Å². The molecule has 0 spiro atoms. The summed E-state index contributed by atoms with van der Waals surface area (Å²) >= 11 is 0. The van der Waals surface area contributed by atoms with Gasteiger partial charge in [-0.3, -0.25) is 0 Å². The summed E-state index contributed by atoms with van der Waals surface area (Å²) < 4.78 is 96.4. The third-order valence-corrected chi connectivity index (χ3v) is 2.25. The van der Waals surface area contributed by atoms with E-state index in [1.807, 2.05) is 0 Å². The van der Waals surface area contributed by atoms with Crippen LogP contribution in [0.3, 0.4) is 0 Å². The van der Waals surface area contributed by atoms with Crippen molar-refractivity contribution in [3.05, 3.63) is 0 Å². The highest BCUT2D eigenvalue weighted by molar-refractivity contribution is 4.67. The first kappa shape index (κ1) is 24.3. The zero-order chi connectivity index (χ0) is 19.4. The van der Waals surface area contributed by atoms with Crippen molar-refractivity contribution >= 4 is 0 Å². The quantitative estimate of drug-likeness (QED) is 0.298. The van der Waals surface area contributed by atoms with E-state index in [9.17, 15) is 26.3 Å². The Hall–Kier alpha value is -0.700. The van der Waals surface area contributed by atoms with Gasteiger partial charge in [0.2, 0.25) is 0 Å². The lowest BCUT2D eigenvalue weighted by Crippen LogP contribution is -2.48. The Morgan fingerprint density at radius 1 is 0.640 bits per heavy atom. The van der Waals surface area contributed by atoms with E-state index in [4.69, 9.17) is 24.4 Å². The van der Waals surface area contributed by atoms with Crippen molar-refractivity contribution in [2.45, 2.75) is 18.3 Å². The summed E-state index contributed by atoms with van der Waals surface area (Å²) in [6, 6.07) is 0. The van der Waals surface area contributed by atoms with Crippen LogP contribution < -0.4 is 0 Å². The SMILES string of the molecule is OCCOCCOCCOCCOCC(F)(F)OC(F)(F)C(O)(F)F. The molecule has 7 nitrogen and oxygen atoms in total. The molecule has 0 fully saturated rings. The number of aliphatic hydroxyl groups excluding tert-OH is 1. The van der Waals surface area contributed by atoms with Crippen molar-refractivity contribution < 1.29 is 60.2 Å². The van der Waals surface area contributed by atoms with E-state index in [1.165, 1.54) is 0 Å². The molecule has 0 saturated carbocycles. The Balaban J connectivity index is 3.64. The number of ether oxygens (including phenoxy) is 5. The Morgan fingerprint density at radius 3 is 1.44 bits per heavy atom. The summed E-state index contributed by atoms with van der Waals surface area (Å²) in [5.74, 6) is 0. The molecule has 25 heavy (non-hydrogen) atoms. The summed E-state index contributed by atoms with van der Waals surface area (Å²) in [5.41, 5.74) is 0. The van der Waals surface area contributed by atoms with Gasteiger partial charge in [0, 0.05) is 0 Å². The summed E-state index contributed by atoms with van der Waals surface area (Å²) in [6.45, 7) is -1.50. The first-order chi connectivity index (χ1) is 11.5. The van der Waals surface area contributed by atoms with Gasteiger partial charge in [-0.15, -0.1) is 0 Å². The van der Waals surface area contributed by atoms with E-state index in [1.54, 1.807) is 0 Å². The number of halogens is 6. The lowest BCUT2D eigenvalue weighted by atomic mass is 10.5. The molecule has 0 amide bonds. The van der Waals surface area contributed by atoms with Crippen molar-refractivity contribution in [1.82, 2.24) is 0 Å². The zero-order valence-electron chi connectivity index (χ0n) is 13.1. The van der Waals surface area contributed by atoms with Crippen LogP contribution in [-0.2, 0) is 23.7 Å². The van der Waals surface area contributed by atoms with Crippen molar-refractivity contribution in [2.75, 3.05) is 59.5 Å². The average Bonchev–Trinajstić information content (AvgIpc) is 2.46. The van der Waals surface area contributed by atoms with E-state index in [0.29, 0.717) is 0 Å². The summed E-state index contributed by atoms with van der Waals surface area (Å²) in [7, 11) is 0. The minimum atomic E-state index is -5.77. The van der Waals surface area contributed by atoms with Crippen LogP contribution in [0.4, 0.5) is 26.3 Å². The molecule has 2 N–H and O–H groups in total. The maximum Gasteiger partial charge on any atom is 0.452 e. The summed E-state index contributed by atoms with van der Waals surface area (Å²) in [4.78, 5) is 0. The van der Waals surface area contributed by atoms with E-state index >= 15 is 0 Å². The molecule has 0 heterocycles. The second-order valence-corrected chi connectivity index (χ2v) is 4.41. The molecule has 0 unspecified atom stereocenters. The Kier molecular flexibility index (Phi) is 11.5. The molecule has 0 aromatic rings. The average molecular weight is 390 g/mol. The number of rotatable bonds is 16. The van der Waals surface area contributed by atoms with Crippen molar-refractivity contribution in [3.63, 3.8) is 0 Å². The third kappa shape index (κ3) is 12.3. The molecule has 13 heteroatoms. The van der Waals surface area contributed by atoms with Gasteiger partial charge in [0.25, 0.3) is 0 Å². The van der Waals surface area contributed by atoms with E-state index in [-0.39, 0.29) is 46.2 Å². The molecule has 152 valence electrons. The van der Waals surface area contributed by atoms with Crippen LogP contribution in [0, 0.1) is 0 Å². The third-order valence-electron chi connectivity index (χ3n) is 2.25. The topological polar surface area (TPSA) is 86.6 Å². The van der Waals surface area contributed by atoms with Gasteiger partial charge in [0.05, 0.1) is 52.9 Å².